The van der Waals surface area contributed by atoms with Crippen molar-refractivity contribution in [1.82, 2.24) is 14.5 Å². The predicted octanol–water partition coefficient (Wildman–Crippen LogP) is 5.99. The Hall–Kier alpha value is -1.98. The highest BCUT2D eigenvalue weighted by molar-refractivity contribution is 6.33. The first-order valence-electron chi connectivity index (χ1n) is 9.07. The number of methoxy groups -OCH3 is 1. The molecule has 144 valence electrons. The normalized spacial score (nSPS) is 14.1. The Morgan fingerprint density at radius 2 is 1.85 bits per heavy atom. The monoisotopic (exact) mass is 389 g/mol. The van der Waals surface area contributed by atoms with Crippen molar-refractivity contribution in [2.45, 2.75) is 52.9 Å². The molecule has 0 saturated carbocycles. The summed E-state index contributed by atoms with van der Waals surface area (Å²) >= 11 is 6.55. The molecule has 3 heterocycles. The van der Waals surface area contributed by atoms with Gasteiger partial charge in [0.15, 0.2) is 0 Å². The van der Waals surface area contributed by atoms with Crippen molar-refractivity contribution in [2.75, 3.05) is 7.11 Å². The van der Waals surface area contributed by atoms with E-state index in [-0.39, 0.29) is 0 Å². The minimum absolute atomic E-state index is 0.351. The molecule has 0 spiro atoms. The van der Waals surface area contributed by atoms with Crippen molar-refractivity contribution >= 4 is 22.6 Å². The molecule has 0 bridgehead atoms. The molecule has 0 fully saturated rings. The van der Waals surface area contributed by atoms with Crippen LogP contribution < -0.4 is 0 Å². The maximum absolute atomic E-state index is 14.8. The maximum atomic E-state index is 14.8. The summed E-state index contributed by atoms with van der Waals surface area (Å²) in [6.45, 7) is 9.79. The molecule has 4 nitrogen and oxygen atoms in total. The number of fused-ring (bicyclic) bond motifs is 1. The zero-order valence-electron chi connectivity index (χ0n) is 16.5. The van der Waals surface area contributed by atoms with E-state index in [9.17, 15) is 4.39 Å². The van der Waals surface area contributed by atoms with Gasteiger partial charge in [-0.15, -0.1) is 0 Å². The van der Waals surface area contributed by atoms with Gasteiger partial charge in [0.05, 0.1) is 21.7 Å². The third-order valence-corrected chi connectivity index (χ3v) is 5.21. The van der Waals surface area contributed by atoms with E-state index in [1.165, 1.54) is 11.7 Å². The van der Waals surface area contributed by atoms with Gasteiger partial charge >= 0.3 is 0 Å². The van der Waals surface area contributed by atoms with E-state index in [0.717, 1.165) is 28.0 Å². The fourth-order valence-corrected chi connectivity index (χ4v) is 3.44. The van der Waals surface area contributed by atoms with Crippen LogP contribution in [-0.2, 0) is 4.74 Å². The molecule has 0 aliphatic carbocycles. The van der Waals surface area contributed by atoms with Crippen LogP contribution in [0.2, 0.25) is 5.02 Å². The average Bonchev–Trinajstić information content (AvgIpc) is 2.95. The molecule has 0 radical (unpaired) electrons. The highest BCUT2D eigenvalue weighted by Gasteiger charge is 2.22. The van der Waals surface area contributed by atoms with E-state index in [2.05, 4.69) is 18.8 Å². The standard InChI is InChI=1S/C21H25ClFN3O/c1-11(2)17-8-7-15(13(4)24-17)20-16(22)9-18-19(25-20)12(3)10-26(18)21(23)14(5)27-6/h7-11,14,21H,1-6H3/t14-,21?/m1/s1. The molecule has 0 aromatic carbocycles. The number of hydrogen-bond donors (Lipinski definition) is 0. The van der Waals surface area contributed by atoms with Crippen LogP contribution >= 0.6 is 11.6 Å². The van der Waals surface area contributed by atoms with E-state index in [4.69, 9.17) is 21.3 Å². The fraction of sp³-hybridized carbons (Fsp3) is 0.429. The molecule has 1 unspecified atom stereocenters. The Bertz CT molecular complexity index is 983. The van der Waals surface area contributed by atoms with Crippen molar-refractivity contribution in [3.8, 4) is 11.3 Å². The van der Waals surface area contributed by atoms with Gasteiger partial charge in [0.1, 0.15) is 6.10 Å². The molecule has 2 atom stereocenters. The van der Waals surface area contributed by atoms with Crippen LogP contribution in [0, 0.1) is 13.8 Å². The number of rotatable bonds is 5. The van der Waals surface area contributed by atoms with Gasteiger partial charge in [-0.05, 0) is 50.5 Å². The fourth-order valence-electron chi connectivity index (χ4n) is 3.19. The van der Waals surface area contributed by atoms with Crippen LogP contribution in [0.3, 0.4) is 0 Å². The molecule has 0 aliphatic rings. The molecule has 0 amide bonds. The molecule has 0 aliphatic heterocycles. The summed E-state index contributed by atoms with van der Waals surface area (Å²) in [5.74, 6) is 0.351. The lowest BCUT2D eigenvalue weighted by molar-refractivity contribution is 0.0130. The van der Waals surface area contributed by atoms with Gasteiger partial charge in [0, 0.05) is 30.3 Å². The van der Waals surface area contributed by atoms with E-state index < -0.39 is 12.4 Å². The molecule has 3 rings (SSSR count). The van der Waals surface area contributed by atoms with Crippen molar-refractivity contribution in [3.63, 3.8) is 0 Å². The molecular weight excluding hydrogens is 365 g/mol. The Kier molecular flexibility index (Phi) is 5.54. The summed E-state index contributed by atoms with van der Waals surface area (Å²) in [5, 5.41) is 0.473. The number of nitrogens with zero attached hydrogens (tertiary/aromatic N) is 3. The lowest BCUT2D eigenvalue weighted by Crippen LogP contribution is -2.18. The van der Waals surface area contributed by atoms with Gasteiger partial charge in [0.25, 0.3) is 0 Å². The number of alkyl halides is 1. The number of aryl methyl sites for hydroxylation is 2. The topological polar surface area (TPSA) is 39.9 Å². The van der Waals surface area contributed by atoms with Crippen LogP contribution in [0.4, 0.5) is 4.39 Å². The second-order valence-corrected chi connectivity index (χ2v) is 7.65. The van der Waals surface area contributed by atoms with Crippen LogP contribution in [0.25, 0.3) is 22.3 Å². The van der Waals surface area contributed by atoms with Crippen LogP contribution in [0.15, 0.2) is 24.4 Å². The number of ether oxygens (including phenoxy) is 1. The third-order valence-electron chi connectivity index (χ3n) is 4.92. The minimum atomic E-state index is -1.32. The van der Waals surface area contributed by atoms with Gasteiger partial charge in [-0.2, -0.15) is 0 Å². The predicted molar refractivity (Wildman–Crippen MR) is 108 cm³/mol. The number of pyridine rings is 2. The minimum Gasteiger partial charge on any atom is -0.377 e. The summed E-state index contributed by atoms with van der Waals surface area (Å²) in [7, 11) is 1.50. The largest absolute Gasteiger partial charge is 0.377 e. The SMILES string of the molecule is CO[C@H](C)C(F)n1cc(C)c2nc(-c3ccc(C(C)C)nc3C)c(Cl)cc21. The van der Waals surface area contributed by atoms with E-state index in [0.29, 0.717) is 22.2 Å². The maximum Gasteiger partial charge on any atom is 0.202 e. The Morgan fingerprint density at radius 3 is 2.44 bits per heavy atom. The van der Waals surface area contributed by atoms with Gasteiger partial charge in [-0.1, -0.05) is 25.4 Å². The first-order chi connectivity index (χ1) is 12.7. The summed E-state index contributed by atoms with van der Waals surface area (Å²) < 4.78 is 21.4. The number of aromatic nitrogens is 3. The van der Waals surface area contributed by atoms with Crippen molar-refractivity contribution in [2.24, 2.45) is 0 Å². The first-order valence-corrected chi connectivity index (χ1v) is 9.44. The number of halogens is 2. The van der Waals surface area contributed by atoms with Crippen LogP contribution in [0.5, 0.6) is 0 Å². The zero-order chi connectivity index (χ0) is 19.9. The third kappa shape index (κ3) is 3.58. The van der Waals surface area contributed by atoms with Crippen LogP contribution in [-0.4, -0.2) is 27.7 Å². The van der Waals surface area contributed by atoms with Gasteiger partial charge in [-0.3, -0.25) is 4.98 Å². The van der Waals surface area contributed by atoms with Gasteiger partial charge in [-0.25, -0.2) is 9.37 Å². The Labute approximate surface area is 164 Å². The molecule has 6 heteroatoms. The quantitative estimate of drug-likeness (QED) is 0.537. The van der Waals surface area contributed by atoms with E-state index in [1.54, 1.807) is 19.2 Å². The van der Waals surface area contributed by atoms with Crippen molar-refractivity contribution in [3.05, 3.63) is 46.4 Å². The van der Waals surface area contributed by atoms with E-state index in [1.807, 2.05) is 26.0 Å². The number of hydrogen-bond acceptors (Lipinski definition) is 3. The zero-order valence-corrected chi connectivity index (χ0v) is 17.3. The van der Waals surface area contributed by atoms with Crippen LogP contribution in [0.1, 0.15) is 49.9 Å². The molecule has 3 aromatic heterocycles. The summed E-state index contributed by atoms with van der Waals surface area (Å²) in [6.07, 6.45) is -0.137. The molecule has 3 aromatic rings. The van der Waals surface area contributed by atoms with Crippen molar-refractivity contribution in [1.29, 1.82) is 0 Å². The lowest BCUT2D eigenvalue weighted by atomic mass is 10.0. The van der Waals surface area contributed by atoms with E-state index >= 15 is 0 Å². The summed E-state index contributed by atoms with van der Waals surface area (Å²) in [4.78, 5) is 9.45. The Morgan fingerprint density at radius 1 is 1.15 bits per heavy atom. The molecular formula is C21H25ClFN3O. The van der Waals surface area contributed by atoms with Gasteiger partial charge in [0.2, 0.25) is 6.30 Å². The summed E-state index contributed by atoms with van der Waals surface area (Å²) in [5.41, 5.74) is 5.74. The Balaban J connectivity index is 2.15. The summed E-state index contributed by atoms with van der Waals surface area (Å²) in [6, 6.07) is 5.79. The van der Waals surface area contributed by atoms with Gasteiger partial charge < -0.3 is 9.30 Å². The second-order valence-electron chi connectivity index (χ2n) is 7.24. The highest BCUT2D eigenvalue weighted by Crippen LogP contribution is 2.35. The smallest absolute Gasteiger partial charge is 0.202 e. The second kappa shape index (κ2) is 7.56. The highest BCUT2D eigenvalue weighted by atomic mass is 35.5. The first kappa shape index (κ1) is 19.8. The molecule has 0 N–H and O–H groups in total. The van der Waals surface area contributed by atoms with Crippen molar-refractivity contribution < 1.29 is 9.13 Å². The average molecular weight is 390 g/mol. The molecule has 0 saturated heterocycles. The lowest BCUT2D eigenvalue weighted by Gasteiger charge is -2.18. The molecule has 27 heavy (non-hydrogen) atoms.